The number of rotatable bonds is 4. The Morgan fingerprint density at radius 2 is 2.15 bits per heavy atom. The maximum Gasteiger partial charge on any atom is 0.143 e. The summed E-state index contributed by atoms with van der Waals surface area (Å²) in [5.74, 6) is 0.106. The van der Waals surface area contributed by atoms with Crippen molar-refractivity contribution in [3.8, 4) is 11.8 Å². The van der Waals surface area contributed by atoms with Gasteiger partial charge in [0.2, 0.25) is 0 Å². The summed E-state index contributed by atoms with van der Waals surface area (Å²) < 4.78 is 18.5. The van der Waals surface area contributed by atoms with Crippen molar-refractivity contribution in [1.82, 2.24) is 0 Å². The molecule has 0 radical (unpaired) electrons. The number of nitriles is 1. The second kappa shape index (κ2) is 6.27. The van der Waals surface area contributed by atoms with Crippen LogP contribution >= 0.6 is 11.6 Å². The molecule has 1 N–H and O–H groups in total. The Hall–Kier alpha value is -2.25. The second-order valence-electron chi connectivity index (χ2n) is 4.09. The van der Waals surface area contributed by atoms with Gasteiger partial charge in [-0.25, -0.2) is 4.39 Å². The van der Waals surface area contributed by atoms with Crippen molar-refractivity contribution >= 4 is 17.3 Å². The van der Waals surface area contributed by atoms with E-state index in [1.54, 1.807) is 30.3 Å². The highest BCUT2D eigenvalue weighted by molar-refractivity contribution is 6.31. The maximum atomic E-state index is 13.3. The van der Waals surface area contributed by atoms with Crippen LogP contribution in [0, 0.1) is 17.1 Å². The van der Waals surface area contributed by atoms with Crippen LogP contribution in [0.25, 0.3) is 0 Å². The van der Waals surface area contributed by atoms with Gasteiger partial charge in [-0.15, -0.1) is 0 Å². The molecule has 0 aromatic heterocycles. The molecular weight excluding hydrogens is 279 g/mol. The summed E-state index contributed by atoms with van der Waals surface area (Å²) in [6, 6.07) is 11.8. The molecule has 0 saturated heterocycles. The summed E-state index contributed by atoms with van der Waals surface area (Å²) in [5.41, 5.74) is 1.88. The molecule has 5 heteroatoms. The van der Waals surface area contributed by atoms with E-state index >= 15 is 0 Å². The molecule has 2 rings (SSSR count). The number of anilines is 1. The molecule has 102 valence electrons. The van der Waals surface area contributed by atoms with Crippen LogP contribution in [0.5, 0.6) is 5.75 Å². The third-order valence-electron chi connectivity index (χ3n) is 2.83. The van der Waals surface area contributed by atoms with Crippen LogP contribution in [-0.4, -0.2) is 7.11 Å². The largest absolute Gasteiger partial charge is 0.495 e. The molecule has 0 amide bonds. The first-order chi connectivity index (χ1) is 9.65. The van der Waals surface area contributed by atoms with Crippen LogP contribution in [0.1, 0.15) is 11.1 Å². The lowest BCUT2D eigenvalue weighted by atomic mass is 10.2. The number of nitrogens with zero attached hydrogens (tertiary/aromatic N) is 1. The molecule has 0 unspecified atom stereocenters. The lowest BCUT2D eigenvalue weighted by Crippen LogP contribution is -2.02. The van der Waals surface area contributed by atoms with Crippen molar-refractivity contribution in [2.24, 2.45) is 0 Å². The van der Waals surface area contributed by atoms with Crippen LogP contribution in [0.2, 0.25) is 5.02 Å². The van der Waals surface area contributed by atoms with Crippen LogP contribution in [0.15, 0.2) is 36.4 Å². The van der Waals surface area contributed by atoms with Gasteiger partial charge in [0, 0.05) is 12.6 Å². The van der Waals surface area contributed by atoms with Crippen LogP contribution in [-0.2, 0) is 6.54 Å². The first kappa shape index (κ1) is 14.2. The molecule has 0 heterocycles. The zero-order chi connectivity index (χ0) is 14.5. The molecule has 0 aliphatic heterocycles. The van der Waals surface area contributed by atoms with Crippen LogP contribution in [0.4, 0.5) is 10.1 Å². The van der Waals surface area contributed by atoms with Crippen molar-refractivity contribution in [3.05, 3.63) is 58.4 Å². The van der Waals surface area contributed by atoms with E-state index in [2.05, 4.69) is 5.32 Å². The summed E-state index contributed by atoms with van der Waals surface area (Å²) >= 11 is 5.89. The number of hydrogen-bond acceptors (Lipinski definition) is 3. The lowest BCUT2D eigenvalue weighted by molar-refractivity contribution is 0.416. The van der Waals surface area contributed by atoms with Crippen molar-refractivity contribution in [2.45, 2.75) is 6.54 Å². The average Bonchev–Trinajstić information content (AvgIpc) is 2.48. The van der Waals surface area contributed by atoms with Gasteiger partial charge < -0.3 is 10.1 Å². The van der Waals surface area contributed by atoms with E-state index in [9.17, 15) is 4.39 Å². The van der Waals surface area contributed by atoms with Crippen molar-refractivity contribution in [2.75, 3.05) is 12.4 Å². The molecule has 20 heavy (non-hydrogen) atoms. The highest BCUT2D eigenvalue weighted by Gasteiger charge is 2.08. The Bertz CT molecular complexity index is 667. The first-order valence-corrected chi connectivity index (χ1v) is 6.28. The van der Waals surface area contributed by atoms with Gasteiger partial charge in [-0.3, -0.25) is 0 Å². The molecule has 0 fully saturated rings. The fourth-order valence-electron chi connectivity index (χ4n) is 1.78. The topological polar surface area (TPSA) is 45.0 Å². The van der Waals surface area contributed by atoms with E-state index in [4.69, 9.17) is 21.6 Å². The molecule has 0 spiro atoms. The Morgan fingerprint density at radius 3 is 2.85 bits per heavy atom. The fourth-order valence-corrected chi connectivity index (χ4v) is 1.98. The standard InChI is InChI=1S/C15H12ClFN2O/c1-20-14-7-10(8-18)5-6-13(14)19-9-11-3-2-4-12(17)15(11)16/h2-7,19H,9H2,1H3. The number of benzene rings is 2. The van der Waals surface area contributed by atoms with Crippen molar-refractivity contribution in [3.63, 3.8) is 0 Å². The van der Waals surface area contributed by atoms with Crippen LogP contribution in [0.3, 0.4) is 0 Å². The summed E-state index contributed by atoms with van der Waals surface area (Å²) in [4.78, 5) is 0. The minimum absolute atomic E-state index is 0.104. The Morgan fingerprint density at radius 1 is 1.35 bits per heavy atom. The number of ether oxygens (including phenoxy) is 1. The Kier molecular flexibility index (Phi) is 4.44. The Balaban J connectivity index is 2.19. The highest BCUT2D eigenvalue weighted by Crippen LogP contribution is 2.27. The molecule has 0 bridgehead atoms. The first-order valence-electron chi connectivity index (χ1n) is 5.90. The predicted octanol–water partition coefficient (Wildman–Crippen LogP) is 3.97. The lowest BCUT2D eigenvalue weighted by Gasteiger charge is -2.12. The normalized spacial score (nSPS) is 9.90. The number of halogens is 2. The molecule has 3 nitrogen and oxygen atoms in total. The van der Waals surface area contributed by atoms with Crippen molar-refractivity contribution in [1.29, 1.82) is 5.26 Å². The Labute approximate surface area is 121 Å². The summed E-state index contributed by atoms with van der Waals surface area (Å²) in [5, 5.41) is 12.1. The third-order valence-corrected chi connectivity index (χ3v) is 3.25. The zero-order valence-corrected chi connectivity index (χ0v) is 11.5. The van der Waals surface area contributed by atoms with Crippen molar-refractivity contribution < 1.29 is 9.13 Å². The minimum atomic E-state index is -0.447. The molecule has 0 saturated carbocycles. The molecule has 0 atom stereocenters. The number of methoxy groups -OCH3 is 1. The predicted molar refractivity (Wildman–Crippen MR) is 76.4 cm³/mol. The minimum Gasteiger partial charge on any atom is -0.495 e. The van der Waals surface area contributed by atoms with E-state index < -0.39 is 5.82 Å². The third kappa shape index (κ3) is 3.01. The van der Waals surface area contributed by atoms with Gasteiger partial charge in [0.05, 0.1) is 29.5 Å². The van der Waals surface area contributed by atoms with Gasteiger partial charge >= 0.3 is 0 Å². The average molecular weight is 291 g/mol. The molecule has 0 aliphatic carbocycles. The number of hydrogen-bond donors (Lipinski definition) is 1. The summed E-state index contributed by atoms with van der Waals surface area (Å²) in [6.45, 7) is 0.360. The van der Waals surface area contributed by atoms with Gasteiger partial charge in [0.1, 0.15) is 11.6 Å². The molecule has 2 aromatic rings. The van der Waals surface area contributed by atoms with E-state index in [-0.39, 0.29) is 5.02 Å². The second-order valence-corrected chi connectivity index (χ2v) is 4.47. The van der Waals surface area contributed by atoms with E-state index in [1.165, 1.54) is 13.2 Å². The summed E-state index contributed by atoms with van der Waals surface area (Å²) in [6.07, 6.45) is 0. The smallest absolute Gasteiger partial charge is 0.143 e. The quantitative estimate of drug-likeness (QED) is 0.926. The van der Waals surface area contributed by atoms with E-state index in [0.29, 0.717) is 29.1 Å². The zero-order valence-electron chi connectivity index (χ0n) is 10.8. The van der Waals surface area contributed by atoms with Crippen LogP contribution < -0.4 is 10.1 Å². The SMILES string of the molecule is COc1cc(C#N)ccc1NCc1cccc(F)c1Cl. The maximum absolute atomic E-state index is 13.3. The fraction of sp³-hybridized carbons (Fsp3) is 0.133. The highest BCUT2D eigenvalue weighted by atomic mass is 35.5. The van der Waals surface area contributed by atoms with E-state index in [0.717, 1.165) is 0 Å². The van der Waals surface area contributed by atoms with Gasteiger partial charge in [-0.1, -0.05) is 23.7 Å². The number of nitrogens with one attached hydrogen (secondary N) is 1. The monoisotopic (exact) mass is 290 g/mol. The molecular formula is C15H12ClFN2O. The molecule has 2 aromatic carbocycles. The molecule has 0 aliphatic rings. The van der Waals surface area contributed by atoms with Gasteiger partial charge in [-0.2, -0.15) is 5.26 Å². The summed E-state index contributed by atoms with van der Waals surface area (Å²) in [7, 11) is 1.52. The van der Waals surface area contributed by atoms with Gasteiger partial charge in [0.25, 0.3) is 0 Å². The van der Waals surface area contributed by atoms with Gasteiger partial charge in [0.15, 0.2) is 0 Å². The van der Waals surface area contributed by atoms with Gasteiger partial charge in [-0.05, 0) is 23.8 Å². The van der Waals surface area contributed by atoms with E-state index in [1.807, 2.05) is 6.07 Å².